The maximum absolute atomic E-state index is 13.1. The lowest BCUT2D eigenvalue weighted by Gasteiger charge is -2.38. The highest BCUT2D eigenvalue weighted by Crippen LogP contribution is 2.44. The van der Waals surface area contributed by atoms with E-state index >= 15 is 0 Å². The fourth-order valence-corrected chi connectivity index (χ4v) is 5.22. The van der Waals surface area contributed by atoms with Gasteiger partial charge in [-0.1, -0.05) is 55.5 Å². The summed E-state index contributed by atoms with van der Waals surface area (Å²) in [5, 5.41) is 12.0. The predicted octanol–water partition coefficient (Wildman–Crippen LogP) is 4.26. The van der Waals surface area contributed by atoms with Gasteiger partial charge in [-0.05, 0) is 48.4 Å². The van der Waals surface area contributed by atoms with Gasteiger partial charge in [-0.3, -0.25) is 9.59 Å². The van der Waals surface area contributed by atoms with Gasteiger partial charge in [0.05, 0.1) is 11.8 Å². The Morgan fingerprint density at radius 2 is 1.71 bits per heavy atom. The summed E-state index contributed by atoms with van der Waals surface area (Å²) in [6.07, 6.45) is 0.957. The molecule has 2 aromatic carbocycles. The standard InChI is InChI=1S/C27H32N2O5/c1-3-18(25(30)29-13-12-19(26(31)32)14-17(29)2)15-28-27(33)34-16-24-22-10-6-4-8-20(22)21-9-5-7-11-23(21)24/h4-11,17-19,24H,3,12-16H2,1-2H3,(H,28,33)(H,31,32)/t17-,18?,19-/m0/s1. The molecule has 1 saturated heterocycles. The number of piperidine rings is 1. The molecule has 2 N–H and O–H groups in total. The number of nitrogens with one attached hydrogen (secondary N) is 1. The summed E-state index contributed by atoms with van der Waals surface area (Å²) in [7, 11) is 0. The highest BCUT2D eigenvalue weighted by atomic mass is 16.5. The molecule has 2 amide bonds. The van der Waals surface area contributed by atoms with Crippen LogP contribution in [0, 0.1) is 11.8 Å². The molecule has 0 saturated carbocycles. The van der Waals surface area contributed by atoms with Gasteiger partial charge in [0.15, 0.2) is 0 Å². The van der Waals surface area contributed by atoms with Gasteiger partial charge in [0.2, 0.25) is 5.91 Å². The number of benzene rings is 2. The number of carbonyl (C=O) groups is 3. The topological polar surface area (TPSA) is 95.9 Å². The average Bonchev–Trinajstić information content (AvgIpc) is 3.16. The average molecular weight is 465 g/mol. The second kappa shape index (κ2) is 10.3. The number of carbonyl (C=O) groups excluding carboxylic acids is 2. The summed E-state index contributed by atoms with van der Waals surface area (Å²) in [5.74, 6) is -1.64. The number of nitrogens with zero attached hydrogens (tertiary/aromatic N) is 1. The van der Waals surface area contributed by atoms with Gasteiger partial charge in [-0.15, -0.1) is 0 Å². The van der Waals surface area contributed by atoms with Crippen molar-refractivity contribution < 1.29 is 24.2 Å². The summed E-state index contributed by atoms with van der Waals surface area (Å²) in [6, 6.07) is 16.2. The van der Waals surface area contributed by atoms with E-state index in [9.17, 15) is 19.5 Å². The number of aliphatic carboxylic acids is 1. The third kappa shape index (κ3) is 4.79. The van der Waals surface area contributed by atoms with Gasteiger partial charge >= 0.3 is 12.1 Å². The zero-order valence-electron chi connectivity index (χ0n) is 19.7. The number of hydrogen-bond acceptors (Lipinski definition) is 4. The molecule has 0 spiro atoms. The van der Waals surface area contributed by atoms with Gasteiger partial charge in [0.25, 0.3) is 0 Å². The third-order valence-electron chi connectivity index (χ3n) is 7.19. The fourth-order valence-electron chi connectivity index (χ4n) is 5.22. The number of amides is 2. The molecule has 4 rings (SSSR count). The second-order valence-electron chi connectivity index (χ2n) is 9.25. The smallest absolute Gasteiger partial charge is 0.407 e. The number of fused-ring (bicyclic) bond motifs is 3. The molecule has 2 aliphatic rings. The molecule has 0 aromatic heterocycles. The van der Waals surface area contributed by atoms with Crippen LogP contribution in [0.4, 0.5) is 4.79 Å². The monoisotopic (exact) mass is 464 g/mol. The molecular weight excluding hydrogens is 432 g/mol. The second-order valence-corrected chi connectivity index (χ2v) is 9.25. The van der Waals surface area contributed by atoms with Crippen LogP contribution in [0.5, 0.6) is 0 Å². The van der Waals surface area contributed by atoms with Crippen molar-refractivity contribution in [2.45, 2.75) is 45.1 Å². The lowest BCUT2D eigenvalue weighted by atomic mass is 9.90. The predicted molar refractivity (Wildman–Crippen MR) is 128 cm³/mol. The largest absolute Gasteiger partial charge is 0.481 e. The van der Waals surface area contributed by atoms with Gasteiger partial charge < -0.3 is 20.1 Å². The maximum atomic E-state index is 13.1. The Morgan fingerprint density at radius 3 is 2.26 bits per heavy atom. The van der Waals surface area contributed by atoms with Crippen molar-refractivity contribution in [3.05, 3.63) is 59.7 Å². The molecule has 1 fully saturated rings. The van der Waals surface area contributed by atoms with Crippen LogP contribution in [0.3, 0.4) is 0 Å². The van der Waals surface area contributed by atoms with Crippen LogP contribution in [0.25, 0.3) is 11.1 Å². The van der Waals surface area contributed by atoms with E-state index in [2.05, 4.69) is 29.6 Å². The number of alkyl carbamates (subject to hydrolysis) is 1. The van der Waals surface area contributed by atoms with E-state index in [1.54, 1.807) is 4.90 Å². The van der Waals surface area contributed by atoms with Crippen LogP contribution in [0.2, 0.25) is 0 Å². The molecular formula is C27H32N2O5. The van der Waals surface area contributed by atoms with Crippen LogP contribution in [-0.2, 0) is 14.3 Å². The van der Waals surface area contributed by atoms with E-state index in [0.717, 1.165) is 11.1 Å². The fraction of sp³-hybridized carbons (Fsp3) is 0.444. The summed E-state index contributed by atoms with van der Waals surface area (Å²) in [5.41, 5.74) is 4.64. The molecule has 1 heterocycles. The van der Waals surface area contributed by atoms with Crippen molar-refractivity contribution in [2.24, 2.45) is 11.8 Å². The molecule has 0 radical (unpaired) electrons. The Kier molecular flexibility index (Phi) is 7.20. The minimum absolute atomic E-state index is 0.0156. The SMILES string of the molecule is CCC(CNC(=O)OCC1c2ccccc2-c2ccccc21)C(=O)N1CC[C@H](C(=O)O)C[C@@H]1C. The Bertz CT molecular complexity index is 1020. The summed E-state index contributed by atoms with van der Waals surface area (Å²) < 4.78 is 5.58. The highest BCUT2D eigenvalue weighted by molar-refractivity contribution is 5.81. The van der Waals surface area contributed by atoms with Crippen molar-refractivity contribution in [3.8, 4) is 11.1 Å². The number of carboxylic acids is 1. The summed E-state index contributed by atoms with van der Waals surface area (Å²) in [6.45, 7) is 4.65. The normalized spacial score (nSPS) is 20.2. The Labute approximate surface area is 200 Å². The van der Waals surface area contributed by atoms with Crippen molar-refractivity contribution in [1.82, 2.24) is 10.2 Å². The molecule has 7 heteroatoms. The Balaban J connectivity index is 1.31. The third-order valence-corrected chi connectivity index (χ3v) is 7.19. The van der Waals surface area contributed by atoms with Gasteiger partial charge in [0, 0.05) is 25.0 Å². The first-order valence-electron chi connectivity index (χ1n) is 12.0. The summed E-state index contributed by atoms with van der Waals surface area (Å²) in [4.78, 5) is 38.6. The van der Waals surface area contributed by atoms with E-state index in [0.29, 0.717) is 25.8 Å². The number of carboxylic acid groups (broad SMARTS) is 1. The van der Waals surface area contributed by atoms with E-state index in [-0.39, 0.29) is 36.9 Å². The Hall–Kier alpha value is -3.35. The molecule has 2 aromatic rings. The van der Waals surface area contributed by atoms with Gasteiger partial charge in [-0.2, -0.15) is 0 Å². The molecule has 3 atom stereocenters. The number of ether oxygens (including phenoxy) is 1. The molecule has 1 aliphatic heterocycles. The van der Waals surface area contributed by atoms with Gasteiger partial charge in [-0.25, -0.2) is 4.79 Å². The molecule has 7 nitrogen and oxygen atoms in total. The van der Waals surface area contributed by atoms with Crippen molar-refractivity contribution in [2.75, 3.05) is 19.7 Å². The van der Waals surface area contributed by atoms with Crippen molar-refractivity contribution in [1.29, 1.82) is 0 Å². The van der Waals surface area contributed by atoms with E-state index < -0.39 is 18.0 Å². The number of rotatable bonds is 7. The maximum Gasteiger partial charge on any atom is 0.407 e. The number of hydrogen-bond donors (Lipinski definition) is 2. The zero-order valence-corrected chi connectivity index (χ0v) is 19.7. The lowest BCUT2D eigenvalue weighted by Crippen LogP contribution is -2.50. The minimum Gasteiger partial charge on any atom is -0.481 e. The molecule has 0 bridgehead atoms. The first-order chi connectivity index (χ1) is 16.4. The van der Waals surface area contributed by atoms with Crippen molar-refractivity contribution in [3.63, 3.8) is 0 Å². The first kappa shape index (κ1) is 23.8. The molecule has 1 aliphatic carbocycles. The van der Waals surface area contributed by atoms with Crippen LogP contribution in [0.15, 0.2) is 48.5 Å². The van der Waals surface area contributed by atoms with Crippen LogP contribution < -0.4 is 5.32 Å². The van der Waals surface area contributed by atoms with E-state index in [4.69, 9.17) is 4.74 Å². The van der Waals surface area contributed by atoms with Crippen LogP contribution >= 0.6 is 0 Å². The Morgan fingerprint density at radius 1 is 1.09 bits per heavy atom. The molecule has 34 heavy (non-hydrogen) atoms. The number of likely N-dealkylation sites (tertiary alicyclic amines) is 1. The van der Waals surface area contributed by atoms with Crippen LogP contribution in [0.1, 0.15) is 50.2 Å². The molecule has 1 unspecified atom stereocenters. The quantitative estimate of drug-likeness (QED) is 0.638. The highest BCUT2D eigenvalue weighted by Gasteiger charge is 2.35. The first-order valence-corrected chi connectivity index (χ1v) is 12.0. The van der Waals surface area contributed by atoms with Crippen molar-refractivity contribution >= 4 is 18.0 Å². The minimum atomic E-state index is -0.803. The van der Waals surface area contributed by atoms with E-state index in [1.807, 2.05) is 38.1 Å². The van der Waals surface area contributed by atoms with Gasteiger partial charge in [0.1, 0.15) is 6.61 Å². The lowest BCUT2D eigenvalue weighted by molar-refractivity contribution is -0.148. The van der Waals surface area contributed by atoms with Crippen LogP contribution in [-0.4, -0.2) is 53.7 Å². The van der Waals surface area contributed by atoms with E-state index in [1.165, 1.54) is 11.1 Å². The zero-order chi connectivity index (χ0) is 24.2. The summed E-state index contributed by atoms with van der Waals surface area (Å²) >= 11 is 0. The molecule has 180 valence electrons.